The van der Waals surface area contributed by atoms with Gasteiger partial charge in [0, 0.05) is 28.4 Å². The van der Waals surface area contributed by atoms with Crippen molar-refractivity contribution in [2.75, 3.05) is 5.32 Å². The summed E-state index contributed by atoms with van der Waals surface area (Å²) in [7, 11) is 0. The Balaban J connectivity index is 1.45. The zero-order valence-electron chi connectivity index (χ0n) is 15.2. The number of hydrogen-bond donors (Lipinski definition) is 1. The molecule has 4 aromatic rings. The largest absolute Gasteiger partial charge is 0.469 e. The van der Waals surface area contributed by atoms with Crippen molar-refractivity contribution in [2.45, 2.75) is 26.9 Å². The number of nitrogens with zero attached hydrogens (tertiary/aromatic N) is 4. The van der Waals surface area contributed by atoms with Crippen LogP contribution in [-0.4, -0.2) is 20.6 Å². The molecule has 0 spiro atoms. The molecule has 1 aliphatic heterocycles. The van der Waals surface area contributed by atoms with Gasteiger partial charge in [0.15, 0.2) is 0 Å². The van der Waals surface area contributed by atoms with Crippen molar-refractivity contribution < 1.29 is 4.42 Å². The van der Waals surface area contributed by atoms with Crippen molar-refractivity contribution in [3.8, 4) is 0 Å². The zero-order valence-corrected chi connectivity index (χ0v) is 15.2. The van der Waals surface area contributed by atoms with Gasteiger partial charge in [-0.25, -0.2) is 0 Å². The second-order valence-electron chi connectivity index (χ2n) is 6.83. The summed E-state index contributed by atoms with van der Waals surface area (Å²) in [5, 5.41) is 9.28. The van der Waals surface area contributed by atoms with Gasteiger partial charge >= 0.3 is 0 Å². The Hall–Kier alpha value is -3.41. The van der Waals surface area contributed by atoms with Crippen LogP contribution in [-0.2, 0) is 13.1 Å². The van der Waals surface area contributed by atoms with Crippen LogP contribution in [0.1, 0.15) is 28.3 Å². The van der Waals surface area contributed by atoms with E-state index in [1.165, 1.54) is 0 Å². The lowest BCUT2D eigenvalue weighted by atomic mass is 10.1. The summed E-state index contributed by atoms with van der Waals surface area (Å²) in [6.07, 6.45) is 3.60. The maximum atomic E-state index is 5.41. The number of amidine groups is 1. The number of nitrogens with one attached hydrogen (secondary N) is 1. The van der Waals surface area contributed by atoms with E-state index in [0.717, 1.165) is 50.7 Å². The molecule has 6 heteroatoms. The molecule has 4 heterocycles. The molecule has 6 nitrogen and oxygen atoms in total. The molecule has 5 rings (SSSR count). The number of benzene rings is 1. The molecule has 0 unspecified atom stereocenters. The highest BCUT2D eigenvalue weighted by atomic mass is 16.3. The molecule has 1 aromatic carbocycles. The van der Waals surface area contributed by atoms with E-state index >= 15 is 0 Å². The Kier molecular flexibility index (Phi) is 3.57. The summed E-state index contributed by atoms with van der Waals surface area (Å²) in [5.74, 6) is 1.79. The molecule has 1 N–H and O–H groups in total. The van der Waals surface area contributed by atoms with E-state index in [2.05, 4.69) is 39.6 Å². The van der Waals surface area contributed by atoms with Crippen LogP contribution in [0, 0.1) is 13.8 Å². The van der Waals surface area contributed by atoms with E-state index in [1.54, 1.807) is 6.26 Å². The highest BCUT2D eigenvalue weighted by molar-refractivity contribution is 6.10. The van der Waals surface area contributed by atoms with Crippen LogP contribution in [0.25, 0.3) is 10.9 Å². The number of aryl methyl sites for hydroxylation is 2. The van der Waals surface area contributed by atoms with Crippen molar-refractivity contribution in [1.29, 1.82) is 0 Å². The summed E-state index contributed by atoms with van der Waals surface area (Å²) in [4.78, 5) is 8.96. The van der Waals surface area contributed by atoms with Crippen molar-refractivity contribution >= 4 is 22.4 Å². The Morgan fingerprint density at radius 1 is 1.19 bits per heavy atom. The topological polar surface area (TPSA) is 68.2 Å². The molecule has 0 amide bonds. The first-order valence-electron chi connectivity index (χ1n) is 8.94. The average molecular weight is 357 g/mol. The van der Waals surface area contributed by atoms with E-state index in [9.17, 15) is 0 Å². The van der Waals surface area contributed by atoms with Crippen LogP contribution in [0.3, 0.4) is 0 Å². The van der Waals surface area contributed by atoms with Gasteiger partial charge in [-0.2, -0.15) is 5.10 Å². The maximum Gasteiger partial charge on any atom is 0.135 e. The third kappa shape index (κ3) is 2.79. The van der Waals surface area contributed by atoms with Crippen LogP contribution < -0.4 is 5.32 Å². The molecule has 0 saturated carbocycles. The van der Waals surface area contributed by atoms with Gasteiger partial charge in [0.25, 0.3) is 0 Å². The third-order valence-electron chi connectivity index (χ3n) is 4.85. The Bertz CT molecular complexity index is 1180. The van der Waals surface area contributed by atoms with Crippen molar-refractivity contribution in [1.82, 2.24) is 14.8 Å². The highest BCUT2D eigenvalue weighted by Gasteiger charge is 2.17. The van der Waals surface area contributed by atoms with Crippen LogP contribution in [0.4, 0.5) is 5.69 Å². The first-order valence-corrected chi connectivity index (χ1v) is 8.94. The van der Waals surface area contributed by atoms with Gasteiger partial charge in [-0.1, -0.05) is 0 Å². The van der Waals surface area contributed by atoms with Gasteiger partial charge in [0.2, 0.25) is 0 Å². The number of furan rings is 1. The van der Waals surface area contributed by atoms with Gasteiger partial charge in [-0.3, -0.25) is 14.7 Å². The van der Waals surface area contributed by atoms with Crippen LogP contribution >= 0.6 is 0 Å². The number of pyridine rings is 1. The molecule has 1 aliphatic rings. The molecule has 0 bridgehead atoms. The molecule has 0 radical (unpaired) electrons. The number of aliphatic imine (C=N–C) groups is 1. The zero-order chi connectivity index (χ0) is 18.4. The standard InChI is InChI=1S/C21H19N5O/c1-13-8-15(12-27-13)11-26-20-6-5-16(9-18(20)14(2)25-26)24-21-17-4-3-7-22-19(17)10-23-21/h3-9,12H,10-11H2,1-2H3,(H,23,24). The Morgan fingerprint density at radius 3 is 2.96 bits per heavy atom. The van der Waals surface area contributed by atoms with E-state index in [0.29, 0.717) is 13.1 Å². The Labute approximate surface area is 156 Å². The lowest BCUT2D eigenvalue weighted by Gasteiger charge is -2.08. The minimum atomic E-state index is 0.627. The Morgan fingerprint density at radius 2 is 2.11 bits per heavy atom. The second-order valence-corrected chi connectivity index (χ2v) is 6.83. The molecule has 0 saturated heterocycles. The van der Waals surface area contributed by atoms with E-state index < -0.39 is 0 Å². The number of hydrogen-bond acceptors (Lipinski definition) is 5. The van der Waals surface area contributed by atoms with Crippen molar-refractivity contribution in [2.24, 2.45) is 4.99 Å². The number of fused-ring (bicyclic) bond motifs is 2. The second kappa shape index (κ2) is 6.09. The monoisotopic (exact) mass is 357 g/mol. The summed E-state index contributed by atoms with van der Waals surface area (Å²) in [5.41, 5.74) is 6.31. The van der Waals surface area contributed by atoms with Gasteiger partial charge in [-0.05, 0) is 50.2 Å². The minimum Gasteiger partial charge on any atom is -0.469 e. The average Bonchev–Trinajstić information content (AvgIpc) is 3.35. The van der Waals surface area contributed by atoms with Crippen LogP contribution in [0.2, 0.25) is 0 Å². The molecule has 134 valence electrons. The number of anilines is 1. The molecule has 3 aromatic heterocycles. The first-order chi connectivity index (χ1) is 13.2. The summed E-state index contributed by atoms with van der Waals surface area (Å²) in [6.45, 7) is 5.31. The summed E-state index contributed by atoms with van der Waals surface area (Å²) >= 11 is 0. The lowest BCUT2D eigenvalue weighted by molar-refractivity contribution is 0.529. The molecule has 27 heavy (non-hydrogen) atoms. The van der Waals surface area contributed by atoms with Gasteiger partial charge in [0.05, 0.1) is 36.3 Å². The fourth-order valence-corrected chi connectivity index (χ4v) is 3.55. The number of rotatable bonds is 3. The summed E-state index contributed by atoms with van der Waals surface area (Å²) in [6, 6.07) is 12.3. The van der Waals surface area contributed by atoms with Crippen LogP contribution in [0.15, 0.2) is 58.3 Å². The predicted molar refractivity (Wildman–Crippen MR) is 105 cm³/mol. The van der Waals surface area contributed by atoms with Crippen LogP contribution in [0.5, 0.6) is 0 Å². The van der Waals surface area contributed by atoms with Gasteiger partial charge in [0.1, 0.15) is 11.6 Å². The fraction of sp³-hybridized carbons (Fsp3) is 0.190. The molecular weight excluding hydrogens is 338 g/mol. The van der Waals surface area contributed by atoms with Crippen molar-refractivity contribution in [3.05, 3.63) is 77.1 Å². The molecule has 0 atom stereocenters. The smallest absolute Gasteiger partial charge is 0.135 e. The maximum absolute atomic E-state index is 5.41. The fourth-order valence-electron chi connectivity index (χ4n) is 3.55. The normalized spacial score (nSPS) is 13.0. The lowest BCUT2D eigenvalue weighted by Crippen LogP contribution is -2.11. The quantitative estimate of drug-likeness (QED) is 0.600. The first kappa shape index (κ1) is 15.8. The number of aromatic nitrogens is 3. The van der Waals surface area contributed by atoms with Gasteiger partial charge < -0.3 is 9.73 Å². The van der Waals surface area contributed by atoms with E-state index in [1.807, 2.05) is 36.9 Å². The highest BCUT2D eigenvalue weighted by Crippen LogP contribution is 2.25. The molecular formula is C21H19N5O. The SMILES string of the molecule is Cc1cc(Cn2nc(C)c3cc(NC4=NCc5ncccc54)ccc32)co1. The van der Waals surface area contributed by atoms with E-state index in [4.69, 9.17) is 9.52 Å². The van der Waals surface area contributed by atoms with E-state index in [-0.39, 0.29) is 0 Å². The summed E-state index contributed by atoms with van der Waals surface area (Å²) < 4.78 is 7.43. The molecule has 0 aliphatic carbocycles. The van der Waals surface area contributed by atoms with Gasteiger partial charge in [-0.15, -0.1) is 0 Å². The minimum absolute atomic E-state index is 0.627. The molecule has 0 fully saturated rings. The third-order valence-corrected chi connectivity index (χ3v) is 4.85. The predicted octanol–water partition coefficient (Wildman–Crippen LogP) is 4.06. The van der Waals surface area contributed by atoms with Crippen molar-refractivity contribution in [3.63, 3.8) is 0 Å².